The molecule has 1 aliphatic rings. The maximum absolute atomic E-state index is 13.1. The number of anilines is 1. The molecule has 1 amide bonds. The molecule has 0 atom stereocenters. The first-order valence-electron chi connectivity index (χ1n) is 9.84. The van der Waals surface area contributed by atoms with E-state index in [9.17, 15) is 18.0 Å². The highest BCUT2D eigenvalue weighted by molar-refractivity contribution is 6.54. The molecule has 0 saturated carbocycles. The zero-order valence-corrected chi connectivity index (χ0v) is 16.8. The summed E-state index contributed by atoms with van der Waals surface area (Å²) in [7, 11) is 0. The molecule has 1 aliphatic heterocycles. The summed E-state index contributed by atoms with van der Waals surface area (Å²) in [5, 5.41) is 3.49. The van der Waals surface area contributed by atoms with E-state index in [2.05, 4.69) is 19.8 Å². The lowest BCUT2D eigenvalue weighted by molar-refractivity contribution is -0.173. The number of carbonyl (C=O) groups is 1. The highest BCUT2D eigenvalue weighted by Crippen LogP contribution is 2.31. The number of aryl methyl sites for hydroxylation is 1. The molecule has 0 unspecified atom stereocenters. The Balaban J connectivity index is 1.67. The van der Waals surface area contributed by atoms with Crippen molar-refractivity contribution in [1.82, 2.24) is 9.55 Å². The molecule has 0 fully saturated rings. The van der Waals surface area contributed by atoms with Crippen molar-refractivity contribution < 1.29 is 22.8 Å². The zero-order valence-electron chi connectivity index (χ0n) is 16.8. The van der Waals surface area contributed by atoms with E-state index in [1.165, 1.54) is 4.90 Å². The van der Waals surface area contributed by atoms with Crippen LogP contribution in [0.25, 0.3) is 15.9 Å². The van der Waals surface area contributed by atoms with Gasteiger partial charge in [-0.3, -0.25) is 9.69 Å². The molecular formula is C22H18F3N5O2. The van der Waals surface area contributed by atoms with Gasteiger partial charge in [-0.05, 0) is 18.2 Å². The van der Waals surface area contributed by atoms with Gasteiger partial charge in [0.2, 0.25) is 13.2 Å². The summed E-state index contributed by atoms with van der Waals surface area (Å²) in [5.74, 6) is 0.0462. The first kappa shape index (κ1) is 21.4. The SMILES string of the molecule is [C-]#[N+]CCCn1c(CN2C(=O)/C(=N\OCC(F)(F)F)c3ccccc32)nc2ccccc21. The van der Waals surface area contributed by atoms with E-state index in [4.69, 9.17) is 6.57 Å². The number of amides is 1. The molecule has 3 aromatic rings. The van der Waals surface area contributed by atoms with Gasteiger partial charge in [0.15, 0.2) is 5.71 Å². The molecule has 7 nitrogen and oxygen atoms in total. The summed E-state index contributed by atoms with van der Waals surface area (Å²) < 4.78 is 39.3. The maximum Gasteiger partial charge on any atom is 0.425 e. The second-order valence-corrected chi connectivity index (χ2v) is 7.14. The number of carbonyl (C=O) groups excluding carboxylic acids is 1. The van der Waals surface area contributed by atoms with Crippen LogP contribution < -0.4 is 4.90 Å². The van der Waals surface area contributed by atoms with Gasteiger partial charge in [0.05, 0.1) is 23.3 Å². The maximum atomic E-state index is 13.1. The van der Waals surface area contributed by atoms with Crippen LogP contribution in [0.5, 0.6) is 0 Å². The number of benzene rings is 2. The monoisotopic (exact) mass is 441 g/mol. The summed E-state index contributed by atoms with van der Waals surface area (Å²) >= 11 is 0. The predicted molar refractivity (Wildman–Crippen MR) is 112 cm³/mol. The molecule has 0 radical (unpaired) electrons. The van der Waals surface area contributed by atoms with Crippen molar-refractivity contribution in [1.29, 1.82) is 0 Å². The molecule has 0 spiro atoms. The number of fused-ring (bicyclic) bond motifs is 2. The normalized spacial score (nSPS) is 14.8. The summed E-state index contributed by atoms with van der Waals surface area (Å²) in [6.07, 6.45) is -3.93. The fourth-order valence-corrected chi connectivity index (χ4v) is 3.62. The van der Waals surface area contributed by atoms with Gasteiger partial charge in [-0.2, -0.15) is 13.2 Å². The van der Waals surface area contributed by atoms with Crippen LogP contribution in [-0.4, -0.2) is 40.5 Å². The Kier molecular flexibility index (Phi) is 5.81. The molecule has 0 aliphatic carbocycles. The predicted octanol–water partition coefficient (Wildman–Crippen LogP) is 4.18. The van der Waals surface area contributed by atoms with Crippen LogP contribution >= 0.6 is 0 Å². The van der Waals surface area contributed by atoms with E-state index in [0.29, 0.717) is 36.6 Å². The van der Waals surface area contributed by atoms with Crippen LogP contribution in [0.4, 0.5) is 18.9 Å². The summed E-state index contributed by atoms with van der Waals surface area (Å²) in [6.45, 7) is 6.44. The molecule has 1 aromatic heterocycles. The Labute approximate surface area is 181 Å². The second kappa shape index (κ2) is 8.70. The molecule has 2 aromatic carbocycles. The largest absolute Gasteiger partial charge is 0.425 e. The number of imidazole rings is 1. The van der Waals surface area contributed by atoms with E-state index >= 15 is 0 Å². The van der Waals surface area contributed by atoms with Crippen LogP contribution in [0.3, 0.4) is 0 Å². The van der Waals surface area contributed by atoms with E-state index in [1.54, 1.807) is 24.3 Å². The fraction of sp³-hybridized carbons (Fsp3) is 0.273. The topological polar surface area (TPSA) is 64.1 Å². The lowest BCUT2D eigenvalue weighted by Crippen LogP contribution is -2.31. The minimum absolute atomic E-state index is 0.0981. The Morgan fingerprint density at radius 2 is 1.88 bits per heavy atom. The van der Waals surface area contributed by atoms with Gasteiger partial charge in [0.1, 0.15) is 5.82 Å². The van der Waals surface area contributed by atoms with Crippen molar-refractivity contribution in [2.24, 2.45) is 5.16 Å². The van der Waals surface area contributed by atoms with E-state index in [0.717, 1.165) is 11.0 Å². The van der Waals surface area contributed by atoms with Crippen molar-refractivity contribution in [3.05, 3.63) is 71.3 Å². The highest BCUT2D eigenvalue weighted by atomic mass is 19.4. The highest BCUT2D eigenvalue weighted by Gasteiger charge is 2.36. The van der Waals surface area contributed by atoms with Gasteiger partial charge < -0.3 is 14.2 Å². The van der Waals surface area contributed by atoms with Gasteiger partial charge in [0, 0.05) is 18.5 Å². The lowest BCUT2D eigenvalue weighted by Gasteiger charge is -2.17. The lowest BCUT2D eigenvalue weighted by atomic mass is 10.1. The van der Waals surface area contributed by atoms with E-state index < -0.39 is 18.7 Å². The minimum Gasteiger partial charge on any atom is -0.385 e. The number of rotatable bonds is 7. The average Bonchev–Trinajstić information content (AvgIpc) is 3.24. The van der Waals surface area contributed by atoms with Crippen LogP contribution in [0.1, 0.15) is 17.8 Å². The molecule has 32 heavy (non-hydrogen) atoms. The average molecular weight is 441 g/mol. The van der Waals surface area contributed by atoms with Gasteiger partial charge >= 0.3 is 6.18 Å². The van der Waals surface area contributed by atoms with Crippen LogP contribution in [0.2, 0.25) is 0 Å². The first-order chi connectivity index (χ1) is 15.4. The second-order valence-electron chi connectivity index (χ2n) is 7.14. The number of hydrogen-bond donors (Lipinski definition) is 0. The standard InChI is InChI=1S/C22H18F3N5O2/c1-26-11-6-12-29-18-10-5-3-8-16(18)27-19(29)13-30-17-9-4-2-7-15(17)20(21(30)31)28-32-14-22(23,24)25/h2-5,7-10H,6,11-14H2/b28-20-. The van der Waals surface area contributed by atoms with Crippen molar-refractivity contribution >= 4 is 28.3 Å². The molecule has 4 rings (SSSR count). The smallest absolute Gasteiger partial charge is 0.385 e. The number of nitrogens with zero attached hydrogens (tertiary/aromatic N) is 5. The molecule has 0 bridgehead atoms. The van der Waals surface area contributed by atoms with Gasteiger partial charge in [-0.1, -0.05) is 35.5 Å². The third-order valence-electron chi connectivity index (χ3n) is 4.97. The summed E-state index contributed by atoms with van der Waals surface area (Å²) in [4.78, 5) is 26.9. The Hall–Kier alpha value is -3.87. The van der Waals surface area contributed by atoms with E-state index in [-0.39, 0.29) is 12.3 Å². The van der Waals surface area contributed by atoms with Crippen LogP contribution in [0, 0.1) is 6.57 Å². The first-order valence-corrected chi connectivity index (χ1v) is 9.84. The third-order valence-corrected chi connectivity index (χ3v) is 4.97. The van der Waals surface area contributed by atoms with Crippen molar-refractivity contribution in [3.63, 3.8) is 0 Å². The summed E-state index contributed by atoms with van der Waals surface area (Å²) in [6, 6.07) is 14.3. The summed E-state index contributed by atoms with van der Waals surface area (Å²) in [5.41, 5.74) is 2.38. The fourth-order valence-electron chi connectivity index (χ4n) is 3.62. The van der Waals surface area contributed by atoms with Gasteiger partial charge in [-0.25, -0.2) is 11.6 Å². The molecule has 2 heterocycles. The molecule has 10 heteroatoms. The van der Waals surface area contributed by atoms with Crippen LogP contribution in [0.15, 0.2) is 53.7 Å². The number of aromatic nitrogens is 2. The molecule has 0 saturated heterocycles. The Morgan fingerprint density at radius 1 is 1.12 bits per heavy atom. The number of oxime groups is 1. The van der Waals surface area contributed by atoms with Crippen molar-refractivity contribution in [3.8, 4) is 0 Å². The van der Waals surface area contributed by atoms with Crippen molar-refractivity contribution in [2.45, 2.75) is 25.7 Å². The Bertz CT molecular complexity index is 1230. The minimum atomic E-state index is -4.55. The molecule has 0 N–H and O–H groups in total. The quantitative estimate of drug-likeness (QED) is 0.314. The Morgan fingerprint density at radius 3 is 2.66 bits per heavy atom. The molecule has 164 valence electrons. The third kappa shape index (κ3) is 4.27. The number of alkyl halides is 3. The number of hydrogen-bond acceptors (Lipinski definition) is 4. The number of para-hydroxylation sites is 3. The van der Waals surface area contributed by atoms with E-state index in [1.807, 2.05) is 28.8 Å². The zero-order chi connectivity index (χ0) is 22.7. The number of halogens is 3. The van der Waals surface area contributed by atoms with Crippen LogP contribution in [-0.2, 0) is 22.7 Å². The van der Waals surface area contributed by atoms with Crippen molar-refractivity contribution in [2.75, 3.05) is 18.1 Å². The van der Waals surface area contributed by atoms with Gasteiger partial charge in [-0.15, -0.1) is 0 Å². The van der Waals surface area contributed by atoms with Gasteiger partial charge in [0.25, 0.3) is 5.91 Å². The molecular weight excluding hydrogens is 423 g/mol.